The Kier molecular flexibility index (Phi) is 9.29. The zero-order valence-electron chi connectivity index (χ0n) is 25.5. The highest BCUT2D eigenvalue weighted by atomic mass is 16.7. The predicted octanol–water partition coefficient (Wildman–Crippen LogP) is 6.80. The Bertz CT molecular complexity index is 839. The lowest BCUT2D eigenvalue weighted by atomic mass is 9.46. The number of fused-ring (bicyclic) bond motifs is 5. The minimum absolute atomic E-state index is 0.0756. The van der Waals surface area contributed by atoms with Gasteiger partial charge < -0.3 is 14.6 Å². The molecule has 0 bridgehead atoms. The summed E-state index contributed by atoms with van der Waals surface area (Å²) in [6.07, 6.45) is 17.1. The Labute approximate surface area is 233 Å². The van der Waals surface area contributed by atoms with Crippen molar-refractivity contribution in [3.63, 3.8) is 0 Å². The fourth-order valence-electron chi connectivity index (χ4n) is 9.42. The smallest absolute Gasteiger partial charge is 0.512 e. The first kappa shape index (κ1) is 29.9. The average Bonchev–Trinajstić information content (AvgIpc) is 3.20. The van der Waals surface area contributed by atoms with Crippen molar-refractivity contribution in [3.8, 4) is 0 Å². The van der Waals surface area contributed by atoms with Crippen LogP contribution in [0.3, 0.4) is 0 Å². The van der Waals surface area contributed by atoms with Gasteiger partial charge in [0.2, 0.25) is 6.73 Å². The van der Waals surface area contributed by atoms with Gasteiger partial charge in [0.1, 0.15) is 6.10 Å². The Morgan fingerprint density at radius 2 is 1.71 bits per heavy atom. The van der Waals surface area contributed by atoms with Crippen molar-refractivity contribution >= 4 is 6.16 Å². The summed E-state index contributed by atoms with van der Waals surface area (Å²) < 4.78 is 11.5. The summed E-state index contributed by atoms with van der Waals surface area (Å²) in [5.74, 6) is 5.31. The number of quaternary nitrogens is 1. The second kappa shape index (κ2) is 11.8. The second-order valence-electron chi connectivity index (χ2n) is 15.2. The molecule has 5 heteroatoms. The van der Waals surface area contributed by atoms with Gasteiger partial charge in [0.05, 0.1) is 20.6 Å². The number of allylic oxidation sites excluding steroid dienone is 2. The van der Waals surface area contributed by atoms with Crippen molar-refractivity contribution in [3.05, 3.63) is 12.2 Å². The molecule has 0 spiro atoms. The molecule has 9 unspecified atom stereocenters. The molecule has 0 aliphatic heterocycles. The van der Waals surface area contributed by atoms with E-state index in [2.05, 4.69) is 46.8 Å². The Morgan fingerprint density at radius 3 is 2.42 bits per heavy atom. The Morgan fingerprint density at radius 1 is 1.00 bits per heavy atom. The summed E-state index contributed by atoms with van der Waals surface area (Å²) in [5, 5.41) is 11.0. The molecule has 4 aliphatic carbocycles. The number of hydrogen-bond donors (Lipinski definition) is 0. The molecule has 0 radical (unpaired) electrons. The number of nitrogens with zero attached hydrogens (tertiary/aromatic N) is 1. The number of rotatable bonds is 10. The summed E-state index contributed by atoms with van der Waals surface area (Å²) in [5.41, 5.74) is 0.798. The molecular weight excluding hydrogens is 474 g/mol. The van der Waals surface area contributed by atoms with Gasteiger partial charge >= 0.3 is 6.16 Å². The number of likely N-dealkylation sites (N-methyl/N-ethyl adjacent to an activating group) is 1. The van der Waals surface area contributed by atoms with Crippen molar-refractivity contribution in [2.75, 3.05) is 34.0 Å². The fraction of sp³-hybridized carbons (Fsp3) is 0.909. The number of hydrogen-bond acceptors (Lipinski definition) is 4. The van der Waals surface area contributed by atoms with Crippen molar-refractivity contribution < 1.29 is 23.9 Å². The first-order chi connectivity index (χ1) is 17.9. The van der Waals surface area contributed by atoms with Crippen LogP contribution in [-0.2, 0) is 9.47 Å². The lowest BCUT2D eigenvalue weighted by Crippen LogP contribution is -2.52. The second-order valence-corrected chi connectivity index (χ2v) is 15.2. The van der Waals surface area contributed by atoms with Crippen LogP contribution in [0.15, 0.2) is 12.2 Å². The first-order valence-corrected chi connectivity index (χ1v) is 15.8. The van der Waals surface area contributed by atoms with Crippen molar-refractivity contribution in [1.29, 1.82) is 0 Å². The highest BCUT2D eigenvalue weighted by Crippen LogP contribution is 2.67. The fourth-order valence-corrected chi connectivity index (χ4v) is 9.42. The van der Waals surface area contributed by atoms with Crippen LogP contribution in [0.2, 0.25) is 0 Å². The SMILES string of the molecule is CC(C)CCCC(C)C1CCC2C3C=CC4CC(OC(=O)OC[N+](C)(C)CC[O-])CCC4(C)C3CCC12C. The first-order valence-electron chi connectivity index (χ1n) is 15.8. The van der Waals surface area contributed by atoms with Crippen LogP contribution in [0.4, 0.5) is 4.79 Å². The molecule has 9 atom stereocenters. The third-order valence-electron chi connectivity index (χ3n) is 11.8. The minimum Gasteiger partial charge on any atom is -0.850 e. The summed E-state index contributed by atoms with van der Waals surface area (Å²) in [7, 11) is 3.80. The normalized spacial score (nSPS) is 39.3. The Balaban J connectivity index is 1.36. The molecule has 3 saturated carbocycles. The molecule has 0 aromatic rings. The molecule has 0 saturated heterocycles. The summed E-state index contributed by atoms with van der Waals surface area (Å²) in [6, 6.07) is 0. The molecule has 218 valence electrons. The topological polar surface area (TPSA) is 58.6 Å². The lowest BCUT2D eigenvalue weighted by Gasteiger charge is -2.59. The molecule has 4 rings (SSSR count). The van der Waals surface area contributed by atoms with Crippen LogP contribution >= 0.6 is 0 Å². The molecule has 5 nitrogen and oxygen atoms in total. The molecule has 0 aromatic carbocycles. The highest BCUT2D eigenvalue weighted by Gasteiger charge is 2.59. The molecule has 0 heterocycles. The third kappa shape index (κ3) is 6.14. The highest BCUT2D eigenvalue weighted by molar-refractivity contribution is 5.60. The minimum atomic E-state index is -0.582. The van der Waals surface area contributed by atoms with E-state index in [1.807, 2.05) is 14.1 Å². The van der Waals surface area contributed by atoms with Gasteiger partial charge in [-0.25, -0.2) is 4.79 Å². The van der Waals surface area contributed by atoms with Crippen LogP contribution in [0.1, 0.15) is 98.8 Å². The summed E-state index contributed by atoms with van der Waals surface area (Å²) in [4.78, 5) is 12.4. The molecule has 0 N–H and O–H groups in total. The van der Waals surface area contributed by atoms with E-state index < -0.39 is 6.16 Å². The number of carbonyl (C=O) groups is 1. The van der Waals surface area contributed by atoms with Crippen molar-refractivity contribution in [1.82, 2.24) is 0 Å². The average molecular weight is 532 g/mol. The van der Waals surface area contributed by atoms with E-state index in [0.29, 0.717) is 33.7 Å². The quantitative estimate of drug-likeness (QED) is 0.135. The van der Waals surface area contributed by atoms with Gasteiger partial charge in [0.25, 0.3) is 0 Å². The van der Waals surface area contributed by atoms with Gasteiger partial charge in [-0.2, -0.15) is 0 Å². The van der Waals surface area contributed by atoms with Crippen LogP contribution < -0.4 is 5.11 Å². The van der Waals surface area contributed by atoms with Crippen LogP contribution in [0.5, 0.6) is 0 Å². The van der Waals surface area contributed by atoms with E-state index in [1.165, 1.54) is 44.9 Å². The van der Waals surface area contributed by atoms with Gasteiger partial charge in [-0.05, 0) is 97.2 Å². The standard InChI is InChI=1S/C33H57NO4/c1-23(2)9-8-10-24(3)28-13-14-29-27-12-11-25-21-26(38-31(36)37-22-34(6,7)19-20-35)15-17-32(25,4)30(27)16-18-33(28,29)5/h11-12,23-30H,8-10,13-22H2,1-7H3. The maximum Gasteiger partial charge on any atom is 0.512 e. The van der Waals surface area contributed by atoms with E-state index in [9.17, 15) is 9.90 Å². The molecule has 4 aliphatic rings. The third-order valence-corrected chi connectivity index (χ3v) is 11.8. The van der Waals surface area contributed by atoms with Crippen molar-refractivity contribution in [2.45, 2.75) is 105 Å². The number of carbonyl (C=O) groups excluding carboxylic acids is 1. The number of ether oxygens (including phenoxy) is 2. The zero-order chi connectivity index (χ0) is 27.7. The van der Waals surface area contributed by atoms with E-state index in [0.717, 1.165) is 48.9 Å². The molecule has 0 amide bonds. The van der Waals surface area contributed by atoms with Crippen LogP contribution in [0.25, 0.3) is 0 Å². The van der Waals surface area contributed by atoms with E-state index in [1.54, 1.807) is 0 Å². The van der Waals surface area contributed by atoms with E-state index in [4.69, 9.17) is 9.47 Å². The summed E-state index contributed by atoms with van der Waals surface area (Å²) in [6.45, 7) is 12.9. The van der Waals surface area contributed by atoms with Gasteiger partial charge in [0, 0.05) is 0 Å². The van der Waals surface area contributed by atoms with Gasteiger partial charge in [-0.1, -0.05) is 72.6 Å². The predicted molar refractivity (Wildman–Crippen MR) is 151 cm³/mol. The van der Waals surface area contributed by atoms with Crippen molar-refractivity contribution in [2.24, 2.45) is 52.3 Å². The van der Waals surface area contributed by atoms with Crippen LogP contribution in [0, 0.1) is 52.3 Å². The monoisotopic (exact) mass is 531 g/mol. The molecule has 38 heavy (non-hydrogen) atoms. The van der Waals surface area contributed by atoms with E-state index >= 15 is 0 Å². The maximum atomic E-state index is 12.4. The molecule has 3 fully saturated rings. The van der Waals surface area contributed by atoms with E-state index in [-0.39, 0.29) is 19.4 Å². The van der Waals surface area contributed by atoms with Gasteiger partial charge in [-0.15, -0.1) is 0 Å². The lowest BCUT2D eigenvalue weighted by molar-refractivity contribution is -0.911. The Hall–Kier alpha value is -1.07. The molecule has 0 aromatic heterocycles. The van der Waals surface area contributed by atoms with Crippen LogP contribution in [-0.4, -0.2) is 50.7 Å². The zero-order valence-corrected chi connectivity index (χ0v) is 25.5. The van der Waals surface area contributed by atoms with Gasteiger partial charge in [0.15, 0.2) is 0 Å². The largest absolute Gasteiger partial charge is 0.850 e. The maximum absolute atomic E-state index is 12.4. The summed E-state index contributed by atoms with van der Waals surface area (Å²) >= 11 is 0. The van der Waals surface area contributed by atoms with Gasteiger partial charge in [-0.3, -0.25) is 4.48 Å². The molecular formula is C33H57NO4.